The topological polar surface area (TPSA) is 72.7 Å². The van der Waals surface area contributed by atoms with E-state index in [2.05, 4.69) is 20.8 Å². The zero-order valence-electron chi connectivity index (χ0n) is 11.8. The Bertz CT molecular complexity index is 601. The van der Waals surface area contributed by atoms with Gasteiger partial charge in [0, 0.05) is 11.6 Å². The Labute approximate surface area is 132 Å². The molecule has 0 saturated carbocycles. The first-order chi connectivity index (χ1) is 10.1. The van der Waals surface area contributed by atoms with Crippen LogP contribution in [0.2, 0.25) is 5.02 Å². The highest BCUT2D eigenvalue weighted by molar-refractivity contribution is 8.00. The van der Waals surface area contributed by atoms with E-state index in [9.17, 15) is 4.79 Å². The maximum Gasteiger partial charge on any atom is 0.233 e. The molecule has 1 atom stereocenters. The van der Waals surface area contributed by atoms with Gasteiger partial charge in [-0.3, -0.25) is 4.79 Å². The molecule has 1 aromatic heterocycles. The summed E-state index contributed by atoms with van der Waals surface area (Å²) < 4.78 is 1.59. The van der Waals surface area contributed by atoms with Crippen molar-refractivity contribution >= 4 is 29.3 Å². The molecule has 0 aliphatic heterocycles. The molecule has 2 aromatic rings. The van der Waals surface area contributed by atoms with Gasteiger partial charge in [0.05, 0.1) is 10.9 Å². The van der Waals surface area contributed by atoms with Crippen molar-refractivity contribution in [2.24, 2.45) is 0 Å². The van der Waals surface area contributed by atoms with Gasteiger partial charge in [0.2, 0.25) is 11.1 Å². The molecule has 0 saturated heterocycles. The van der Waals surface area contributed by atoms with Gasteiger partial charge in [0.25, 0.3) is 0 Å². The second-order valence-electron chi connectivity index (χ2n) is 4.40. The smallest absolute Gasteiger partial charge is 0.233 e. The summed E-state index contributed by atoms with van der Waals surface area (Å²) in [5, 5.41) is 15.4. The lowest BCUT2D eigenvalue weighted by molar-refractivity contribution is -0.120. The fraction of sp³-hybridized carbons (Fsp3) is 0.385. The molecule has 1 unspecified atom stereocenters. The lowest BCUT2D eigenvalue weighted by Crippen LogP contribution is -2.31. The Hall–Kier alpha value is -1.60. The maximum atomic E-state index is 11.9. The SMILES string of the molecule is CCCNC(=O)C(C)Sc1nnnn1-c1ccc(Cl)cc1. The normalized spacial score (nSPS) is 12.1. The van der Waals surface area contributed by atoms with Gasteiger partial charge in [-0.2, -0.15) is 4.68 Å². The molecule has 0 aliphatic carbocycles. The number of carbonyl (C=O) groups excluding carboxylic acids is 1. The zero-order valence-corrected chi connectivity index (χ0v) is 13.4. The van der Waals surface area contributed by atoms with Crippen molar-refractivity contribution in [3.8, 4) is 5.69 Å². The number of thioether (sulfide) groups is 1. The van der Waals surface area contributed by atoms with Crippen molar-refractivity contribution in [1.82, 2.24) is 25.5 Å². The van der Waals surface area contributed by atoms with E-state index >= 15 is 0 Å². The van der Waals surface area contributed by atoms with Gasteiger partial charge in [-0.25, -0.2) is 0 Å². The first-order valence-corrected chi connectivity index (χ1v) is 7.86. The van der Waals surface area contributed by atoms with Crippen LogP contribution in [0.1, 0.15) is 20.3 Å². The molecule has 0 fully saturated rings. The number of benzene rings is 1. The van der Waals surface area contributed by atoms with E-state index in [-0.39, 0.29) is 11.2 Å². The zero-order chi connectivity index (χ0) is 15.2. The van der Waals surface area contributed by atoms with Crippen LogP contribution < -0.4 is 5.32 Å². The molecule has 1 heterocycles. The minimum Gasteiger partial charge on any atom is -0.355 e. The molecule has 1 N–H and O–H groups in total. The van der Waals surface area contributed by atoms with Gasteiger partial charge in [-0.05, 0) is 48.0 Å². The van der Waals surface area contributed by atoms with Gasteiger partial charge < -0.3 is 5.32 Å². The van der Waals surface area contributed by atoms with Gasteiger partial charge in [-0.1, -0.05) is 30.3 Å². The number of hydrogen-bond donors (Lipinski definition) is 1. The van der Waals surface area contributed by atoms with Crippen LogP contribution in [0, 0.1) is 0 Å². The molecule has 0 radical (unpaired) electrons. The Morgan fingerprint density at radius 3 is 2.81 bits per heavy atom. The average molecular weight is 326 g/mol. The Balaban J connectivity index is 2.10. The van der Waals surface area contributed by atoms with Crippen LogP contribution in [0.4, 0.5) is 0 Å². The molecular weight excluding hydrogens is 310 g/mol. The Morgan fingerprint density at radius 2 is 2.14 bits per heavy atom. The summed E-state index contributed by atoms with van der Waals surface area (Å²) in [5.41, 5.74) is 0.799. The molecule has 0 aliphatic rings. The number of hydrogen-bond acceptors (Lipinski definition) is 5. The van der Waals surface area contributed by atoms with Gasteiger partial charge in [0.15, 0.2) is 0 Å². The van der Waals surface area contributed by atoms with Crippen molar-refractivity contribution < 1.29 is 4.79 Å². The fourth-order valence-corrected chi connectivity index (χ4v) is 2.56. The predicted octanol–water partition coefficient (Wildman–Crippen LogP) is 2.32. The van der Waals surface area contributed by atoms with Crippen molar-refractivity contribution in [2.45, 2.75) is 30.7 Å². The van der Waals surface area contributed by atoms with Crippen LogP contribution in [0.25, 0.3) is 5.69 Å². The molecule has 6 nitrogen and oxygen atoms in total. The highest BCUT2D eigenvalue weighted by Crippen LogP contribution is 2.23. The van der Waals surface area contributed by atoms with E-state index in [0.29, 0.717) is 16.7 Å². The number of nitrogens with one attached hydrogen (secondary N) is 1. The lowest BCUT2D eigenvalue weighted by Gasteiger charge is -2.11. The van der Waals surface area contributed by atoms with E-state index in [1.807, 2.05) is 26.0 Å². The highest BCUT2D eigenvalue weighted by atomic mass is 35.5. The van der Waals surface area contributed by atoms with Crippen molar-refractivity contribution in [1.29, 1.82) is 0 Å². The minimum absolute atomic E-state index is 0.0208. The molecule has 0 bridgehead atoms. The summed E-state index contributed by atoms with van der Waals surface area (Å²) in [4.78, 5) is 11.9. The summed E-state index contributed by atoms with van der Waals surface area (Å²) in [7, 11) is 0. The Morgan fingerprint density at radius 1 is 1.43 bits per heavy atom. The molecule has 1 aromatic carbocycles. The molecule has 2 rings (SSSR count). The maximum absolute atomic E-state index is 11.9. The van der Waals surface area contributed by atoms with Crippen LogP contribution in [-0.4, -0.2) is 37.9 Å². The molecule has 8 heteroatoms. The van der Waals surface area contributed by atoms with E-state index in [1.165, 1.54) is 11.8 Å². The Kier molecular flexibility index (Phi) is 5.58. The third-order valence-corrected chi connectivity index (χ3v) is 4.00. The minimum atomic E-state index is -0.270. The van der Waals surface area contributed by atoms with Crippen LogP contribution in [0.15, 0.2) is 29.4 Å². The third kappa shape index (κ3) is 4.18. The third-order valence-electron chi connectivity index (χ3n) is 2.71. The number of aromatic nitrogens is 4. The van der Waals surface area contributed by atoms with Crippen LogP contribution in [0.5, 0.6) is 0 Å². The number of amides is 1. The van der Waals surface area contributed by atoms with Crippen molar-refractivity contribution in [2.75, 3.05) is 6.54 Å². The first-order valence-electron chi connectivity index (χ1n) is 6.60. The van der Waals surface area contributed by atoms with Gasteiger partial charge >= 0.3 is 0 Å². The van der Waals surface area contributed by atoms with Crippen LogP contribution in [0.3, 0.4) is 0 Å². The van der Waals surface area contributed by atoms with Crippen LogP contribution >= 0.6 is 23.4 Å². The molecule has 112 valence electrons. The molecular formula is C13H16ClN5OS. The fourth-order valence-electron chi connectivity index (χ4n) is 1.60. The largest absolute Gasteiger partial charge is 0.355 e. The van der Waals surface area contributed by atoms with E-state index in [4.69, 9.17) is 11.6 Å². The monoisotopic (exact) mass is 325 g/mol. The number of tetrazole rings is 1. The standard InChI is InChI=1S/C13H16ClN5OS/c1-3-8-15-12(20)9(2)21-13-16-17-18-19(13)11-6-4-10(14)5-7-11/h4-7,9H,3,8H2,1-2H3,(H,15,20). The van der Waals surface area contributed by atoms with E-state index in [0.717, 1.165) is 12.1 Å². The number of rotatable bonds is 6. The summed E-state index contributed by atoms with van der Waals surface area (Å²) in [6.45, 7) is 4.52. The molecule has 21 heavy (non-hydrogen) atoms. The number of nitrogens with zero attached hydrogens (tertiary/aromatic N) is 4. The van der Waals surface area contributed by atoms with Gasteiger partial charge in [0.1, 0.15) is 0 Å². The second-order valence-corrected chi connectivity index (χ2v) is 6.15. The predicted molar refractivity (Wildman–Crippen MR) is 82.8 cm³/mol. The summed E-state index contributed by atoms with van der Waals surface area (Å²) in [6, 6.07) is 7.18. The lowest BCUT2D eigenvalue weighted by atomic mass is 10.3. The van der Waals surface area contributed by atoms with Crippen molar-refractivity contribution in [3.63, 3.8) is 0 Å². The summed E-state index contributed by atoms with van der Waals surface area (Å²) >= 11 is 7.18. The van der Waals surface area contributed by atoms with Gasteiger partial charge in [-0.15, -0.1) is 5.10 Å². The average Bonchev–Trinajstić information content (AvgIpc) is 2.93. The highest BCUT2D eigenvalue weighted by Gasteiger charge is 2.18. The van der Waals surface area contributed by atoms with E-state index in [1.54, 1.807) is 16.8 Å². The van der Waals surface area contributed by atoms with Crippen molar-refractivity contribution in [3.05, 3.63) is 29.3 Å². The molecule has 1 amide bonds. The summed E-state index contributed by atoms with van der Waals surface area (Å²) in [6.07, 6.45) is 0.908. The summed E-state index contributed by atoms with van der Waals surface area (Å²) in [5.74, 6) is -0.0208. The number of carbonyl (C=O) groups is 1. The van der Waals surface area contributed by atoms with Crippen LogP contribution in [-0.2, 0) is 4.79 Å². The van der Waals surface area contributed by atoms with E-state index < -0.39 is 0 Å². The number of halogens is 1. The first kappa shape index (κ1) is 15.8. The second kappa shape index (κ2) is 7.42. The molecule has 0 spiro atoms. The quantitative estimate of drug-likeness (QED) is 0.825.